The summed E-state index contributed by atoms with van der Waals surface area (Å²) in [6, 6.07) is 6.41. The van der Waals surface area contributed by atoms with Gasteiger partial charge in [0, 0.05) is 36.6 Å². The minimum atomic E-state index is -0.468. The summed E-state index contributed by atoms with van der Waals surface area (Å²) >= 11 is 3.30. The summed E-state index contributed by atoms with van der Waals surface area (Å²) in [5.41, 5.74) is 0.503. The number of rotatable bonds is 7. The van der Waals surface area contributed by atoms with Gasteiger partial charge in [0.15, 0.2) is 0 Å². The normalized spacial score (nSPS) is 15.9. The smallest absolute Gasteiger partial charge is 0.251 e. The minimum Gasteiger partial charge on any atom is -0.357 e. The Morgan fingerprint density at radius 3 is 2.52 bits per heavy atom. The van der Waals surface area contributed by atoms with Crippen LogP contribution >= 0.6 is 15.9 Å². The van der Waals surface area contributed by atoms with Crippen LogP contribution in [0.5, 0.6) is 0 Å². The van der Waals surface area contributed by atoms with E-state index >= 15 is 0 Å². The SMILES string of the molecule is CNC(=O)C1CCCN1C(=O)CNC(=O)CCNC(=O)c1ccc(Br)cc1. The summed E-state index contributed by atoms with van der Waals surface area (Å²) in [7, 11) is 1.54. The van der Waals surface area contributed by atoms with E-state index in [4.69, 9.17) is 0 Å². The van der Waals surface area contributed by atoms with Crippen molar-refractivity contribution in [3.63, 3.8) is 0 Å². The van der Waals surface area contributed by atoms with E-state index in [-0.39, 0.29) is 43.1 Å². The Morgan fingerprint density at radius 1 is 1.15 bits per heavy atom. The number of likely N-dealkylation sites (N-methyl/N-ethyl adjacent to an activating group) is 1. The molecule has 1 aliphatic heterocycles. The van der Waals surface area contributed by atoms with Gasteiger partial charge in [-0.2, -0.15) is 0 Å². The Kier molecular flexibility index (Phi) is 7.78. The number of carbonyl (C=O) groups is 4. The summed E-state index contributed by atoms with van der Waals surface area (Å²) in [6.07, 6.45) is 1.45. The second kappa shape index (κ2) is 10.1. The molecule has 0 aliphatic carbocycles. The molecule has 0 radical (unpaired) electrons. The fourth-order valence-electron chi connectivity index (χ4n) is 2.86. The maximum atomic E-state index is 12.2. The monoisotopic (exact) mass is 438 g/mol. The Hall–Kier alpha value is -2.42. The van der Waals surface area contributed by atoms with Gasteiger partial charge in [-0.3, -0.25) is 19.2 Å². The van der Waals surface area contributed by atoms with Crippen molar-refractivity contribution in [1.82, 2.24) is 20.9 Å². The Bertz CT molecular complexity index is 708. The number of carbonyl (C=O) groups excluding carboxylic acids is 4. The van der Waals surface area contributed by atoms with E-state index in [9.17, 15) is 19.2 Å². The molecule has 0 saturated carbocycles. The minimum absolute atomic E-state index is 0.0639. The Balaban J connectivity index is 1.70. The molecule has 1 saturated heterocycles. The fraction of sp³-hybridized carbons (Fsp3) is 0.444. The van der Waals surface area contributed by atoms with Crippen molar-refractivity contribution in [3.05, 3.63) is 34.3 Å². The summed E-state index contributed by atoms with van der Waals surface area (Å²) in [4.78, 5) is 49.3. The van der Waals surface area contributed by atoms with Crippen LogP contribution in [0.3, 0.4) is 0 Å². The van der Waals surface area contributed by atoms with Crippen molar-refractivity contribution >= 4 is 39.6 Å². The van der Waals surface area contributed by atoms with E-state index in [2.05, 4.69) is 31.9 Å². The van der Waals surface area contributed by atoms with Crippen LogP contribution in [0.4, 0.5) is 0 Å². The van der Waals surface area contributed by atoms with Gasteiger partial charge in [0.2, 0.25) is 17.7 Å². The highest BCUT2D eigenvalue weighted by Crippen LogP contribution is 2.17. The highest BCUT2D eigenvalue weighted by molar-refractivity contribution is 9.10. The number of hydrogen-bond acceptors (Lipinski definition) is 4. The second-order valence-electron chi connectivity index (χ2n) is 6.15. The third kappa shape index (κ3) is 6.06. The number of halogens is 1. The number of amides is 4. The molecule has 146 valence electrons. The first-order chi connectivity index (χ1) is 12.9. The van der Waals surface area contributed by atoms with Crippen molar-refractivity contribution in [2.24, 2.45) is 0 Å². The molecule has 3 N–H and O–H groups in total. The number of nitrogens with zero attached hydrogens (tertiary/aromatic N) is 1. The molecule has 0 bridgehead atoms. The van der Waals surface area contributed by atoms with E-state index < -0.39 is 6.04 Å². The van der Waals surface area contributed by atoms with Gasteiger partial charge in [0.1, 0.15) is 6.04 Å². The average molecular weight is 439 g/mol. The average Bonchev–Trinajstić information content (AvgIpc) is 3.15. The lowest BCUT2D eigenvalue weighted by Gasteiger charge is -2.23. The summed E-state index contributed by atoms with van der Waals surface area (Å²) < 4.78 is 0.875. The molecule has 1 fully saturated rings. The molecule has 0 aromatic heterocycles. The molecule has 1 heterocycles. The lowest BCUT2D eigenvalue weighted by Crippen LogP contribution is -2.48. The molecule has 4 amide bonds. The summed E-state index contributed by atoms with van der Waals surface area (Å²) in [6.45, 7) is 0.516. The molecule has 1 aromatic carbocycles. The van der Waals surface area contributed by atoms with Gasteiger partial charge < -0.3 is 20.9 Å². The number of nitrogens with one attached hydrogen (secondary N) is 3. The highest BCUT2D eigenvalue weighted by Gasteiger charge is 2.33. The predicted molar refractivity (Wildman–Crippen MR) is 103 cm³/mol. The van der Waals surface area contributed by atoms with Crippen LogP contribution in [0, 0.1) is 0 Å². The van der Waals surface area contributed by atoms with Crippen LogP contribution in [0.25, 0.3) is 0 Å². The van der Waals surface area contributed by atoms with Crippen molar-refractivity contribution < 1.29 is 19.2 Å². The van der Waals surface area contributed by atoms with Crippen LogP contribution in [0.1, 0.15) is 29.6 Å². The van der Waals surface area contributed by atoms with Crippen LogP contribution in [0.15, 0.2) is 28.7 Å². The molecular weight excluding hydrogens is 416 g/mol. The van der Waals surface area contributed by atoms with Crippen molar-refractivity contribution in [2.45, 2.75) is 25.3 Å². The van der Waals surface area contributed by atoms with Gasteiger partial charge in [0.25, 0.3) is 5.91 Å². The summed E-state index contributed by atoms with van der Waals surface area (Å²) in [5, 5.41) is 7.75. The predicted octanol–water partition coefficient (Wildman–Crippen LogP) is 0.422. The Labute approximate surface area is 166 Å². The van der Waals surface area contributed by atoms with Crippen molar-refractivity contribution in [3.8, 4) is 0 Å². The van der Waals surface area contributed by atoms with Gasteiger partial charge in [-0.05, 0) is 37.1 Å². The van der Waals surface area contributed by atoms with Crippen LogP contribution in [-0.2, 0) is 14.4 Å². The standard InChI is InChI=1S/C18H23BrN4O4/c1-20-18(27)14-3-2-10-23(14)16(25)11-22-15(24)8-9-21-17(26)12-4-6-13(19)7-5-12/h4-7,14H,2-3,8-11H2,1H3,(H,20,27)(H,21,26)(H,22,24). The quantitative estimate of drug-likeness (QED) is 0.573. The zero-order valence-electron chi connectivity index (χ0n) is 15.1. The van der Waals surface area contributed by atoms with Crippen LogP contribution in [-0.4, -0.2) is 61.3 Å². The number of benzene rings is 1. The molecule has 8 nitrogen and oxygen atoms in total. The summed E-state index contributed by atoms with van der Waals surface area (Å²) in [5.74, 6) is -1.08. The molecule has 9 heteroatoms. The molecule has 27 heavy (non-hydrogen) atoms. The highest BCUT2D eigenvalue weighted by atomic mass is 79.9. The van der Waals surface area contributed by atoms with E-state index in [0.717, 1.165) is 10.9 Å². The third-order valence-electron chi connectivity index (χ3n) is 4.30. The molecule has 2 rings (SSSR count). The largest absolute Gasteiger partial charge is 0.357 e. The van der Waals surface area contributed by atoms with Gasteiger partial charge in [0.05, 0.1) is 6.54 Å². The first-order valence-corrected chi connectivity index (χ1v) is 9.53. The van der Waals surface area contributed by atoms with Gasteiger partial charge in [-0.15, -0.1) is 0 Å². The first-order valence-electron chi connectivity index (χ1n) is 8.74. The Morgan fingerprint density at radius 2 is 1.85 bits per heavy atom. The van der Waals surface area contributed by atoms with Crippen molar-refractivity contribution in [2.75, 3.05) is 26.7 Å². The number of likely N-dealkylation sites (tertiary alicyclic amines) is 1. The lowest BCUT2D eigenvalue weighted by atomic mass is 10.2. The zero-order chi connectivity index (χ0) is 19.8. The fourth-order valence-corrected chi connectivity index (χ4v) is 3.13. The van der Waals surface area contributed by atoms with Crippen LogP contribution in [0.2, 0.25) is 0 Å². The van der Waals surface area contributed by atoms with E-state index in [0.29, 0.717) is 18.5 Å². The van der Waals surface area contributed by atoms with Gasteiger partial charge in [-0.25, -0.2) is 0 Å². The maximum absolute atomic E-state index is 12.2. The van der Waals surface area contributed by atoms with Crippen molar-refractivity contribution in [1.29, 1.82) is 0 Å². The lowest BCUT2D eigenvalue weighted by molar-refractivity contribution is -0.138. The van der Waals surface area contributed by atoms with Crippen LogP contribution < -0.4 is 16.0 Å². The van der Waals surface area contributed by atoms with Gasteiger partial charge in [-0.1, -0.05) is 15.9 Å². The molecule has 0 spiro atoms. The van der Waals surface area contributed by atoms with E-state index in [1.807, 2.05) is 0 Å². The molecule has 1 aliphatic rings. The first kappa shape index (κ1) is 20.9. The molecule has 1 unspecified atom stereocenters. The van der Waals surface area contributed by atoms with Gasteiger partial charge >= 0.3 is 0 Å². The van der Waals surface area contributed by atoms with E-state index in [1.165, 1.54) is 11.9 Å². The topological polar surface area (TPSA) is 108 Å². The zero-order valence-corrected chi connectivity index (χ0v) is 16.7. The number of hydrogen-bond donors (Lipinski definition) is 3. The maximum Gasteiger partial charge on any atom is 0.251 e. The molecule has 1 aromatic rings. The van der Waals surface area contributed by atoms with E-state index in [1.54, 1.807) is 24.3 Å². The molecule has 1 atom stereocenters. The molecular formula is C18H23BrN4O4. The third-order valence-corrected chi connectivity index (χ3v) is 4.83. The second-order valence-corrected chi connectivity index (χ2v) is 7.06.